The summed E-state index contributed by atoms with van der Waals surface area (Å²) in [7, 11) is 0. The smallest absolute Gasteiger partial charge is 0.311 e. The molecule has 126 valence electrons. The number of esters is 1. The SMILES string of the molecule is CC[C@@H]1OC(=O)[C@@H](C)[C@H](O)C(C)C[C@H](C)C(=O)/C=C/[C@]1(C)O. The second-order valence-corrected chi connectivity index (χ2v) is 6.69. The second kappa shape index (κ2) is 7.38. The molecular weight excluding hydrogens is 284 g/mol. The van der Waals surface area contributed by atoms with E-state index < -0.39 is 29.7 Å². The summed E-state index contributed by atoms with van der Waals surface area (Å²) in [6.45, 7) is 8.52. The van der Waals surface area contributed by atoms with E-state index in [1.807, 2.05) is 6.92 Å². The van der Waals surface area contributed by atoms with E-state index >= 15 is 0 Å². The van der Waals surface area contributed by atoms with Crippen molar-refractivity contribution in [3.05, 3.63) is 12.2 Å². The number of carbonyl (C=O) groups is 2. The zero-order chi connectivity index (χ0) is 17.1. The minimum absolute atomic E-state index is 0.103. The third kappa shape index (κ3) is 4.40. The number of aliphatic hydroxyl groups is 2. The molecule has 0 aromatic carbocycles. The maximum absolute atomic E-state index is 12.2. The number of hydrogen-bond acceptors (Lipinski definition) is 5. The molecule has 5 heteroatoms. The minimum Gasteiger partial charge on any atom is -0.459 e. The van der Waals surface area contributed by atoms with Gasteiger partial charge < -0.3 is 14.9 Å². The predicted octanol–water partition coefficient (Wildman–Crippen LogP) is 1.86. The van der Waals surface area contributed by atoms with E-state index in [1.54, 1.807) is 20.8 Å². The zero-order valence-electron chi connectivity index (χ0n) is 14.1. The first kappa shape index (κ1) is 18.8. The van der Waals surface area contributed by atoms with Gasteiger partial charge in [0.25, 0.3) is 0 Å². The molecule has 0 amide bonds. The van der Waals surface area contributed by atoms with Gasteiger partial charge in [-0.1, -0.05) is 20.8 Å². The first-order valence-corrected chi connectivity index (χ1v) is 7.94. The summed E-state index contributed by atoms with van der Waals surface area (Å²) in [5.41, 5.74) is -1.42. The summed E-state index contributed by atoms with van der Waals surface area (Å²) in [5.74, 6) is -1.81. The third-order valence-corrected chi connectivity index (χ3v) is 4.54. The Morgan fingerprint density at radius 2 is 1.91 bits per heavy atom. The van der Waals surface area contributed by atoms with Gasteiger partial charge in [-0.3, -0.25) is 9.59 Å². The lowest BCUT2D eigenvalue weighted by molar-refractivity contribution is -0.169. The third-order valence-electron chi connectivity index (χ3n) is 4.54. The first-order valence-electron chi connectivity index (χ1n) is 7.94. The van der Waals surface area contributed by atoms with Crippen LogP contribution in [0.25, 0.3) is 0 Å². The molecule has 0 spiro atoms. The maximum Gasteiger partial charge on any atom is 0.311 e. The number of cyclic esters (lactones) is 1. The van der Waals surface area contributed by atoms with Crippen LogP contribution in [-0.2, 0) is 14.3 Å². The van der Waals surface area contributed by atoms with Crippen LogP contribution in [0.5, 0.6) is 0 Å². The molecule has 0 radical (unpaired) electrons. The van der Waals surface area contributed by atoms with Crippen molar-refractivity contribution in [3.8, 4) is 0 Å². The molecule has 0 saturated carbocycles. The van der Waals surface area contributed by atoms with E-state index in [0.717, 1.165) is 0 Å². The Balaban J connectivity index is 3.16. The Morgan fingerprint density at radius 3 is 2.45 bits per heavy atom. The largest absolute Gasteiger partial charge is 0.459 e. The summed E-state index contributed by atoms with van der Waals surface area (Å²) in [5, 5.41) is 20.8. The van der Waals surface area contributed by atoms with Crippen molar-refractivity contribution < 1.29 is 24.5 Å². The van der Waals surface area contributed by atoms with Crippen molar-refractivity contribution in [2.75, 3.05) is 0 Å². The lowest BCUT2D eigenvalue weighted by Gasteiger charge is -2.32. The monoisotopic (exact) mass is 312 g/mol. The molecule has 0 aromatic heterocycles. The van der Waals surface area contributed by atoms with Crippen molar-refractivity contribution >= 4 is 11.8 Å². The Labute approximate surface area is 132 Å². The van der Waals surface area contributed by atoms with Crippen molar-refractivity contribution in [1.82, 2.24) is 0 Å². The molecule has 0 aliphatic carbocycles. The van der Waals surface area contributed by atoms with Crippen LogP contribution in [0.15, 0.2) is 12.2 Å². The average Bonchev–Trinajstić information content (AvgIpc) is 2.47. The molecule has 6 atom stereocenters. The van der Waals surface area contributed by atoms with Gasteiger partial charge in [0.05, 0.1) is 12.0 Å². The highest BCUT2D eigenvalue weighted by Gasteiger charge is 2.36. The van der Waals surface area contributed by atoms with Crippen molar-refractivity contribution in [3.63, 3.8) is 0 Å². The number of rotatable bonds is 1. The molecule has 5 nitrogen and oxygen atoms in total. The van der Waals surface area contributed by atoms with E-state index in [-0.39, 0.29) is 17.6 Å². The van der Waals surface area contributed by atoms with E-state index in [4.69, 9.17) is 4.74 Å². The lowest BCUT2D eigenvalue weighted by atomic mass is 9.84. The van der Waals surface area contributed by atoms with Crippen LogP contribution >= 0.6 is 0 Å². The van der Waals surface area contributed by atoms with E-state index in [2.05, 4.69) is 0 Å². The van der Waals surface area contributed by atoms with Crippen LogP contribution in [0.2, 0.25) is 0 Å². The molecule has 1 unspecified atom stereocenters. The minimum atomic E-state index is -1.42. The zero-order valence-corrected chi connectivity index (χ0v) is 14.1. The van der Waals surface area contributed by atoms with E-state index in [9.17, 15) is 19.8 Å². The first-order chi connectivity index (χ1) is 10.1. The number of ether oxygens (including phenoxy) is 1. The fraction of sp³-hybridized carbons (Fsp3) is 0.765. The van der Waals surface area contributed by atoms with Crippen LogP contribution in [0.4, 0.5) is 0 Å². The van der Waals surface area contributed by atoms with Gasteiger partial charge in [-0.15, -0.1) is 0 Å². The summed E-state index contributed by atoms with van der Waals surface area (Å²) in [6.07, 6.45) is 2.00. The van der Waals surface area contributed by atoms with Crippen LogP contribution < -0.4 is 0 Å². The van der Waals surface area contributed by atoms with Gasteiger partial charge in [-0.05, 0) is 44.8 Å². The molecule has 1 aliphatic heterocycles. The number of aliphatic hydroxyl groups excluding tert-OH is 1. The molecule has 2 N–H and O–H groups in total. The fourth-order valence-electron chi connectivity index (χ4n) is 2.83. The highest BCUT2D eigenvalue weighted by Crippen LogP contribution is 2.26. The topological polar surface area (TPSA) is 83.8 Å². The van der Waals surface area contributed by atoms with Crippen molar-refractivity contribution in [1.29, 1.82) is 0 Å². The normalized spacial score (nSPS) is 43.0. The molecule has 1 aliphatic rings. The molecule has 0 aromatic rings. The van der Waals surface area contributed by atoms with Gasteiger partial charge in [-0.2, -0.15) is 0 Å². The number of hydrogen-bond donors (Lipinski definition) is 2. The quantitative estimate of drug-likeness (QED) is 0.722. The Kier molecular flexibility index (Phi) is 6.32. The number of allylic oxidation sites excluding steroid dienone is 1. The van der Waals surface area contributed by atoms with Gasteiger partial charge in [0, 0.05) is 5.92 Å². The number of carbonyl (C=O) groups excluding carboxylic acids is 2. The van der Waals surface area contributed by atoms with Crippen LogP contribution in [-0.4, -0.2) is 39.8 Å². The molecule has 0 saturated heterocycles. The predicted molar refractivity (Wildman–Crippen MR) is 83.1 cm³/mol. The van der Waals surface area contributed by atoms with E-state index in [0.29, 0.717) is 12.8 Å². The molecular formula is C17H28O5. The van der Waals surface area contributed by atoms with Gasteiger partial charge >= 0.3 is 5.97 Å². The fourth-order valence-corrected chi connectivity index (χ4v) is 2.83. The molecule has 0 bridgehead atoms. The lowest BCUT2D eigenvalue weighted by Crippen LogP contribution is -2.44. The summed E-state index contributed by atoms with van der Waals surface area (Å²) in [4.78, 5) is 24.3. The van der Waals surface area contributed by atoms with Gasteiger partial charge in [-0.25, -0.2) is 0 Å². The summed E-state index contributed by atoms with van der Waals surface area (Å²) >= 11 is 0. The summed E-state index contributed by atoms with van der Waals surface area (Å²) in [6, 6.07) is 0. The Hall–Kier alpha value is -1.20. The standard InChI is InChI=1S/C17H28O5/c1-6-14-17(5,21)8-7-13(18)10(2)9-11(3)15(19)12(4)16(20)22-14/h7-8,10-12,14-15,19,21H,6,9H2,1-5H3/b8-7+/t10-,11?,12-,14-,15+,17-/m0/s1. The maximum atomic E-state index is 12.2. The van der Waals surface area contributed by atoms with Crippen molar-refractivity contribution in [2.45, 2.75) is 65.3 Å². The highest BCUT2D eigenvalue weighted by molar-refractivity contribution is 5.91. The molecule has 1 heterocycles. The Morgan fingerprint density at radius 1 is 1.32 bits per heavy atom. The number of ketones is 1. The van der Waals surface area contributed by atoms with E-state index in [1.165, 1.54) is 19.1 Å². The van der Waals surface area contributed by atoms with Crippen LogP contribution in [0.1, 0.15) is 47.5 Å². The molecule has 0 fully saturated rings. The van der Waals surface area contributed by atoms with Crippen LogP contribution in [0, 0.1) is 17.8 Å². The van der Waals surface area contributed by atoms with Crippen molar-refractivity contribution in [2.24, 2.45) is 17.8 Å². The average molecular weight is 312 g/mol. The second-order valence-electron chi connectivity index (χ2n) is 6.69. The van der Waals surface area contributed by atoms with Crippen LogP contribution in [0.3, 0.4) is 0 Å². The van der Waals surface area contributed by atoms with Gasteiger partial charge in [0.15, 0.2) is 5.78 Å². The summed E-state index contributed by atoms with van der Waals surface area (Å²) < 4.78 is 5.37. The van der Waals surface area contributed by atoms with Gasteiger partial charge in [0.1, 0.15) is 11.7 Å². The highest BCUT2D eigenvalue weighted by atomic mass is 16.6. The molecule has 22 heavy (non-hydrogen) atoms. The Bertz CT molecular complexity index is 440. The molecule has 1 rings (SSSR count). The van der Waals surface area contributed by atoms with Gasteiger partial charge in [0.2, 0.25) is 0 Å².